The van der Waals surface area contributed by atoms with E-state index in [0.717, 1.165) is 31.4 Å². The molecule has 0 saturated heterocycles. The quantitative estimate of drug-likeness (QED) is 0.625. The maximum atomic E-state index is 11.4. The fraction of sp³-hybridized carbons (Fsp3) is 0.727. The monoisotopic (exact) mass is 182 g/mol. The lowest BCUT2D eigenvalue weighted by Crippen LogP contribution is -2.11. The zero-order chi connectivity index (χ0) is 9.84. The minimum absolute atomic E-state index is 0.0391. The first-order chi connectivity index (χ1) is 6.20. The Labute approximate surface area is 80.0 Å². The first-order valence-corrected chi connectivity index (χ1v) is 5.12. The molecule has 0 N–H and O–H groups in total. The SMILES string of the molecule is CCCCC1C(=O)OC(C)=C1CC. The fourth-order valence-electron chi connectivity index (χ4n) is 1.87. The third-order valence-electron chi connectivity index (χ3n) is 2.64. The highest BCUT2D eigenvalue weighted by atomic mass is 16.5. The Morgan fingerprint density at radius 3 is 2.62 bits per heavy atom. The van der Waals surface area contributed by atoms with E-state index >= 15 is 0 Å². The number of carbonyl (C=O) groups is 1. The number of carbonyl (C=O) groups excluding carboxylic acids is 1. The van der Waals surface area contributed by atoms with E-state index in [0.29, 0.717) is 0 Å². The predicted molar refractivity (Wildman–Crippen MR) is 52.1 cm³/mol. The zero-order valence-electron chi connectivity index (χ0n) is 8.72. The van der Waals surface area contributed by atoms with Crippen molar-refractivity contribution in [3.8, 4) is 0 Å². The Hall–Kier alpha value is -0.790. The molecule has 1 aliphatic heterocycles. The Morgan fingerprint density at radius 2 is 2.08 bits per heavy atom. The van der Waals surface area contributed by atoms with E-state index in [2.05, 4.69) is 13.8 Å². The summed E-state index contributed by atoms with van der Waals surface area (Å²) in [7, 11) is 0. The van der Waals surface area contributed by atoms with E-state index in [4.69, 9.17) is 4.74 Å². The summed E-state index contributed by atoms with van der Waals surface area (Å²) in [5.74, 6) is 0.862. The lowest BCUT2D eigenvalue weighted by Gasteiger charge is -2.07. The smallest absolute Gasteiger partial charge is 0.318 e. The molecule has 2 nitrogen and oxygen atoms in total. The molecule has 0 aromatic carbocycles. The van der Waals surface area contributed by atoms with Crippen molar-refractivity contribution in [2.75, 3.05) is 0 Å². The van der Waals surface area contributed by atoms with Crippen molar-refractivity contribution in [1.29, 1.82) is 0 Å². The number of cyclic esters (lactones) is 1. The summed E-state index contributed by atoms with van der Waals surface area (Å²) >= 11 is 0. The van der Waals surface area contributed by atoms with Crippen LogP contribution in [0.1, 0.15) is 46.5 Å². The van der Waals surface area contributed by atoms with Crippen LogP contribution in [0.3, 0.4) is 0 Å². The molecule has 0 bridgehead atoms. The van der Waals surface area contributed by atoms with Crippen LogP contribution in [-0.2, 0) is 9.53 Å². The van der Waals surface area contributed by atoms with Gasteiger partial charge in [0.1, 0.15) is 5.76 Å². The van der Waals surface area contributed by atoms with Gasteiger partial charge >= 0.3 is 5.97 Å². The Kier molecular flexibility index (Phi) is 3.52. The van der Waals surface area contributed by atoms with E-state index < -0.39 is 0 Å². The van der Waals surface area contributed by atoms with Crippen molar-refractivity contribution >= 4 is 5.97 Å². The molecule has 74 valence electrons. The molecule has 0 spiro atoms. The lowest BCUT2D eigenvalue weighted by molar-refractivity contribution is -0.140. The van der Waals surface area contributed by atoms with E-state index in [9.17, 15) is 4.79 Å². The van der Waals surface area contributed by atoms with Crippen molar-refractivity contribution in [3.05, 3.63) is 11.3 Å². The van der Waals surface area contributed by atoms with Crippen LogP contribution in [0.15, 0.2) is 11.3 Å². The van der Waals surface area contributed by atoms with Crippen LogP contribution < -0.4 is 0 Å². The van der Waals surface area contributed by atoms with Crippen molar-refractivity contribution in [1.82, 2.24) is 0 Å². The van der Waals surface area contributed by atoms with Crippen LogP contribution >= 0.6 is 0 Å². The Morgan fingerprint density at radius 1 is 1.38 bits per heavy atom. The highest BCUT2D eigenvalue weighted by Gasteiger charge is 2.31. The lowest BCUT2D eigenvalue weighted by atomic mass is 9.93. The summed E-state index contributed by atoms with van der Waals surface area (Å²) in [5.41, 5.74) is 1.21. The van der Waals surface area contributed by atoms with Crippen molar-refractivity contribution in [2.24, 2.45) is 5.92 Å². The van der Waals surface area contributed by atoms with Gasteiger partial charge in [-0.1, -0.05) is 26.7 Å². The molecule has 1 atom stereocenters. The molecule has 0 saturated carbocycles. The maximum Gasteiger partial charge on any atom is 0.318 e. The standard InChI is InChI=1S/C11H18O2/c1-4-6-7-10-9(5-2)8(3)13-11(10)12/h10H,4-7H2,1-3H3. The number of unbranched alkanes of at least 4 members (excludes halogenated alkanes) is 1. The average Bonchev–Trinajstić information content (AvgIpc) is 2.37. The van der Waals surface area contributed by atoms with Gasteiger partial charge in [0.2, 0.25) is 0 Å². The molecule has 1 aliphatic rings. The second-order valence-corrected chi connectivity index (χ2v) is 3.55. The Bertz CT molecular complexity index is 228. The first kappa shape index (κ1) is 10.3. The van der Waals surface area contributed by atoms with E-state index in [-0.39, 0.29) is 11.9 Å². The summed E-state index contributed by atoms with van der Waals surface area (Å²) in [6.45, 7) is 6.12. The summed E-state index contributed by atoms with van der Waals surface area (Å²) < 4.78 is 5.12. The fourth-order valence-corrected chi connectivity index (χ4v) is 1.87. The first-order valence-electron chi connectivity index (χ1n) is 5.12. The normalized spacial score (nSPS) is 22.4. The summed E-state index contributed by atoms with van der Waals surface area (Å²) in [5, 5.41) is 0. The highest BCUT2D eigenvalue weighted by Crippen LogP contribution is 2.32. The van der Waals surface area contributed by atoms with Crippen LogP contribution in [0, 0.1) is 5.92 Å². The van der Waals surface area contributed by atoms with Crippen molar-refractivity contribution in [3.63, 3.8) is 0 Å². The molecule has 0 amide bonds. The topological polar surface area (TPSA) is 26.3 Å². The molecule has 13 heavy (non-hydrogen) atoms. The molecule has 2 heteroatoms. The van der Waals surface area contributed by atoms with E-state index in [1.807, 2.05) is 6.92 Å². The van der Waals surface area contributed by atoms with Gasteiger partial charge in [-0.05, 0) is 25.3 Å². The summed E-state index contributed by atoms with van der Waals surface area (Å²) in [6, 6.07) is 0. The third-order valence-corrected chi connectivity index (χ3v) is 2.64. The Balaban J connectivity index is 2.65. The number of rotatable bonds is 4. The molecular formula is C11H18O2. The maximum absolute atomic E-state index is 11.4. The number of allylic oxidation sites excluding steroid dienone is 1. The van der Waals surface area contributed by atoms with Gasteiger partial charge in [0.25, 0.3) is 0 Å². The van der Waals surface area contributed by atoms with Gasteiger partial charge < -0.3 is 4.74 Å². The average molecular weight is 182 g/mol. The zero-order valence-corrected chi connectivity index (χ0v) is 8.72. The molecule has 0 aromatic heterocycles. The van der Waals surface area contributed by atoms with Gasteiger partial charge in [-0.2, -0.15) is 0 Å². The van der Waals surface area contributed by atoms with Crippen LogP contribution in [0.25, 0.3) is 0 Å². The number of hydrogen-bond donors (Lipinski definition) is 0. The molecule has 1 heterocycles. The van der Waals surface area contributed by atoms with Crippen LogP contribution in [0.5, 0.6) is 0 Å². The second kappa shape index (κ2) is 4.45. The van der Waals surface area contributed by atoms with Crippen LogP contribution in [-0.4, -0.2) is 5.97 Å². The molecular weight excluding hydrogens is 164 g/mol. The van der Waals surface area contributed by atoms with Gasteiger partial charge in [0.15, 0.2) is 0 Å². The third kappa shape index (κ3) is 2.11. The van der Waals surface area contributed by atoms with Crippen molar-refractivity contribution < 1.29 is 9.53 Å². The van der Waals surface area contributed by atoms with Crippen LogP contribution in [0.4, 0.5) is 0 Å². The minimum Gasteiger partial charge on any atom is -0.431 e. The molecule has 0 aliphatic carbocycles. The molecule has 0 radical (unpaired) electrons. The van der Waals surface area contributed by atoms with Crippen molar-refractivity contribution in [2.45, 2.75) is 46.5 Å². The van der Waals surface area contributed by atoms with Gasteiger partial charge in [0.05, 0.1) is 5.92 Å². The largest absolute Gasteiger partial charge is 0.431 e. The van der Waals surface area contributed by atoms with Gasteiger partial charge in [-0.3, -0.25) is 4.79 Å². The molecule has 1 rings (SSSR count). The number of esters is 1. The van der Waals surface area contributed by atoms with E-state index in [1.54, 1.807) is 0 Å². The molecule has 0 fully saturated rings. The predicted octanol–water partition coefficient (Wildman–Crippen LogP) is 3.03. The van der Waals surface area contributed by atoms with Gasteiger partial charge in [0, 0.05) is 0 Å². The van der Waals surface area contributed by atoms with Gasteiger partial charge in [-0.15, -0.1) is 0 Å². The number of hydrogen-bond acceptors (Lipinski definition) is 2. The van der Waals surface area contributed by atoms with E-state index in [1.165, 1.54) is 5.57 Å². The highest BCUT2D eigenvalue weighted by molar-refractivity contribution is 5.80. The molecule has 1 unspecified atom stereocenters. The van der Waals surface area contributed by atoms with Gasteiger partial charge in [-0.25, -0.2) is 0 Å². The van der Waals surface area contributed by atoms with Crippen LogP contribution in [0.2, 0.25) is 0 Å². The number of ether oxygens (including phenoxy) is 1. The summed E-state index contributed by atoms with van der Waals surface area (Å²) in [6.07, 6.45) is 4.14. The molecule has 0 aromatic rings. The summed E-state index contributed by atoms with van der Waals surface area (Å²) in [4.78, 5) is 11.4. The minimum atomic E-state index is -0.0391. The second-order valence-electron chi connectivity index (χ2n) is 3.55.